The number of esters is 1. The summed E-state index contributed by atoms with van der Waals surface area (Å²) in [7, 11) is -4.66. The van der Waals surface area contributed by atoms with Gasteiger partial charge in [0.25, 0.3) is 0 Å². The molecular formula is C25H46NO10P. The molecule has 5 N–H and O–H groups in total. The van der Waals surface area contributed by atoms with Gasteiger partial charge in [0.15, 0.2) is 0 Å². The van der Waals surface area contributed by atoms with E-state index in [-0.39, 0.29) is 6.42 Å². The third kappa shape index (κ3) is 22.1. The maximum absolute atomic E-state index is 11.9. The van der Waals surface area contributed by atoms with Gasteiger partial charge in [-0.2, -0.15) is 0 Å². The van der Waals surface area contributed by atoms with Gasteiger partial charge in [-0.05, 0) is 32.1 Å². The van der Waals surface area contributed by atoms with Crippen molar-refractivity contribution in [1.29, 1.82) is 0 Å². The zero-order valence-corrected chi connectivity index (χ0v) is 22.9. The molecule has 0 aliphatic rings. The number of allylic oxidation sites excluding steroid dienone is 2. The van der Waals surface area contributed by atoms with Gasteiger partial charge in [0.05, 0.1) is 13.2 Å². The number of aliphatic carboxylic acids is 1. The molecule has 0 fully saturated rings. The van der Waals surface area contributed by atoms with Gasteiger partial charge < -0.3 is 25.6 Å². The van der Waals surface area contributed by atoms with Gasteiger partial charge >= 0.3 is 19.8 Å². The highest BCUT2D eigenvalue weighted by Crippen LogP contribution is 2.43. The van der Waals surface area contributed by atoms with Crippen molar-refractivity contribution in [2.24, 2.45) is 5.73 Å². The lowest BCUT2D eigenvalue weighted by molar-refractivity contribution is -0.156. The van der Waals surface area contributed by atoms with E-state index < -0.39 is 57.5 Å². The molecule has 0 aromatic rings. The molecule has 216 valence electrons. The molecule has 0 radical (unpaired) electrons. The van der Waals surface area contributed by atoms with Gasteiger partial charge in [-0.1, -0.05) is 70.4 Å². The molecule has 0 aliphatic carbocycles. The first-order valence-electron chi connectivity index (χ1n) is 13.2. The Labute approximate surface area is 220 Å². The van der Waals surface area contributed by atoms with Gasteiger partial charge in [-0.15, -0.1) is 0 Å². The van der Waals surface area contributed by atoms with Crippen molar-refractivity contribution < 1.29 is 47.8 Å². The van der Waals surface area contributed by atoms with Gasteiger partial charge in [0.1, 0.15) is 18.8 Å². The lowest BCUT2D eigenvalue weighted by Gasteiger charge is -2.16. The minimum absolute atomic E-state index is 0.0536. The van der Waals surface area contributed by atoms with Gasteiger partial charge in [0, 0.05) is 6.42 Å². The number of aliphatic hydroxyl groups excluding tert-OH is 1. The van der Waals surface area contributed by atoms with E-state index in [0.29, 0.717) is 6.42 Å². The maximum Gasteiger partial charge on any atom is 0.472 e. The number of carboxylic acids is 1. The summed E-state index contributed by atoms with van der Waals surface area (Å²) in [4.78, 5) is 43.6. The van der Waals surface area contributed by atoms with E-state index in [4.69, 9.17) is 15.6 Å². The third-order valence-corrected chi connectivity index (χ3v) is 6.42. The number of hydrogen-bond donors (Lipinski definition) is 4. The molecule has 0 saturated heterocycles. The molecule has 0 aromatic heterocycles. The van der Waals surface area contributed by atoms with Crippen molar-refractivity contribution >= 4 is 25.5 Å². The summed E-state index contributed by atoms with van der Waals surface area (Å²) < 4.78 is 25.2. The molecule has 0 saturated carbocycles. The highest BCUT2D eigenvalue weighted by atomic mass is 31.2. The van der Waals surface area contributed by atoms with Crippen molar-refractivity contribution in [3.05, 3.63) is 12.2 Å². The number of phosphoric ester groups is 1. The van der Waals surface area contributed by atoms with Crippen LogP contribution in [0.2, 0.25) is 0 Å². The van der Waals surface area contributed by atoms with Crippen LogP contribution in [0.1, 0.15) is 96.8 Å². The summed E-state index contributed by atoms with van der Waals surface area (Å²) in [6, 6.07) is -1.52. The Morgan fingerprint density at radius 3 is 1.92 bits per heavy atom. The molecule has 0 aromatic carbocycles. The Morgan fingerprint density at radius 1 is 0.838 bits per heavy atom. The number of carbonyl (C=O) groups is 3. The number of carbonyl (C=O) groups excluding carboxylic acids is 2. The Morgan fingerprint density at radius 2 is 1.35 bits per heavy atom. The van der Waals surface area contributed by atoms with Crippen LogP contribution in [-0.4, -0.2) is 64.8 Å². The minimum atomic E-state index is -4.66. The molecule has 11 nitrogen and oxygen atoms in total. The van der Waals surface area contributed by atoms with Crippen LogP contribution >= 0.6 is 7.82 Å². The maximum atomic E-state index is 11.9. The predicted molar refractivity (Wildman–Crippen MR) is 139 cm³/mol. The number of Topliss-reactive ketones (excluding diaryl/α,β-unsaturated/α-hetero) is 1. The standard InChI is InChI=1S/C25H46NO10P/c1-2-3-4-5-6-7-8-9-10-11-12-13-14-15-16-17-23(28)25(31)34-18-21(27)19-35-37(32,33)36-20-22(26)24(29)30/h7-8,21-22,27H,2-6,9-20,26H2,1H3,(H,29,30)(H,32,33)/b8-7-/t21-,22+/m1/s1. The summed E-state index contributed by atoms with van der Waals surface area (Å²) in [6.45, 7) is 0.0778. The largest absolute Gasteiger partial charge is 0.480 e. The summed E-state index contributed by atoms with van der Waals surface area (Å²) in [5.41, 5.74) is 5.14. The van der Waals surface area contributed by atoms with Crippen LogP contribution < -0.4 is 5.73 Å². The van der Waals surface area contributed by atoms with E-state index in [2.05, 4.69) is 28.1 Å². The van der Waals surface area contributed by atoms with E-state index in [1.807, 2.05) is 0 Å². The zero-order valence-electron chi connectivity index (χ0n) is 22.1. The number of unbranched alkanes of at least 4 members (excludes halogenated alkanes) is 11. The van der Waals surface area contributed by atoms with Crippen LogP contribution in [0.5, 0.6) is 0 Å². The first-order chi connectivity index (χ1) is 17.6. The molecule has 3 atom stereocenters. The summed E-state index contributed by atoms with van der Waals surface area (Å²) in [6.07, 6.45) is 17.6. The molecule has 0 amide bonds. The fraction of sp³-hybridized carbons (Fsp3) is 0.800. The average Bonchev–Trinajstić information content (AvgIpc) is 2.86. The van der Waals surface area contributed by atoms with Crippen molar-refractivity contribution in [1.82, 2.24) is 0 Å². The monoisotopic (exact) mass is 551 g/mol. The molecule has 1 unspecified atom stereocenters. The first-order valence-corrected chi connectivity index (χ1v) is 14.7. The number of hydrogen-bond acceptors (Lipinski definition) is 9. The minimum Gasteiger partial charge on any atom is -0.480 e. The number of carboxylic acid groups (broad SMARTS) is 1. The van der Waals surface area contributed by atoms with Crippen molar-refractivity contribution in [3.63, 3.8) is 0 Å². The van der Waals surface area contributed by atoms with E-state index in [9.17, 15) is 28.9 Å². The quantitative estimate of drug-likeness (QED) is 0.0422. The summed E-state index contributed by atoms with van der Waals surface area (Å²) >= 11 is 0. The second kappa shape index (κ2) is 22.4. The zero-order chi connectivity index (χ0) is 27.9. The molecule has 0 rings (SSSR count). The highest BCUT2D eigenvalue weighted by Gasteiger charge is 2.26. The van der Waals surface area contributed by atoms with Crippen molar-refractivity contribution in [2.75, 3.05) is 19.8 Å². The topological polar surface area (TPSA) is 183 Å². The summed E-state index contributed by atoms with van der Waals surface area (Å²) in [5, 5.41) is 18.3. The molecule has 0 bridgehead atoms. The number of rotatable bonds is 25. The van der Waals surface area contributed by atoms with Crippen molar-refractivity contribution in [3.8, 4) is 0 Å². The van der Waals surface area contributed by atoms with Crippen LogP contribution in [0.3, 0.4) is 0 Å². The first kappa shape index (κ1) is 35.4. The van der Waals surface area contributed by atoms with Gasteiger partial charge in [-0.3, -0.25) is 18.6 Å². The molecule has 12 heteroatoms. The molecule has 0 aliphatic heterocycles. The fourth-order valence-corrected chi connectivity index (χ4v) is 4.01. The van der Waals surface area contributed by atoms with Crippen LogP contribution in [0.4, 0.5) is 0 Å². The second-order valence-electron chi connectivity index (χ2n) is 9.01. The summed E-state index contributed by atoms with van der Waals surface area (Å²) in [5.74, 6) is -3.22. The number of ketones is 1. The number of aliphatic hydroxyl groups is 1. The normalized spacial score (nSPS) is 14.8. The Hall–Kier alpha value is -1.62. The van der Waals surface area contributed by atoms with Crippen LogP contribution in [0.15, 0.2) is 12.2 Å². The SMILES string of the molecule is CCCCCC/C=C\CCCCCCCCCC(=O)C(=O)OC[C@@H](O)COP(=O)(O)OC[C@H](N)C(=O)O. The van der Waals surface area contributed by atoms with Gasteiger partial charge in [0.2, 0.25) is 5.78 Å². The number of phosphoric acid groups is 1. The predicted octanol–water partition coefficient (Wildman–Crippen LogP) is 4.04. The Bertz CT molecular complexity index is 716. The average molecular weight is 552 g/mol. The van der Waals surface area contributed by atoms with Gasteiger partial charge in [-0.25, -0.2) is 9.36 Å². The number of nitrogens with two attached hydrogens (primary N) is 1. The smallest absolute Gasteiger partial charge is 0.472 e. The highest BCUT2D eigenvalue weighted by molar-refractivity contribution is 7.47. The lowest BCUT2D eigenvalue weighted by Crippen LogP contribution is -2.34. The van der Waals surface area contributed by atoms with Crippen LogP contribution in [0, 0.1) is 0 Å². The van der Waals surface area contributed by atoms with Crippen molar-refractivity contribution in [2.45, 2.75) is 109 Å². The van der Waals surface area contributed by atoms with E-state index >= 15 is 0 Å². The van der Waals surface area contributed by atoms with Crippen LogP contribution in [0.25, 0.3) is 0 Å². The van der Waals surface area contributed by atoms with E-state index in [0.717, 1.165) is 32.1 Å². The molecule has 0 spiro atoms. The second-order valence-corrected chi connectivity index (χ2v) is 10.5. The molecule has 37 heavy (non-hydrogen) atoms. The lowest BCUT2D eigenvalue weighted by atomic mass is 10.1. The molecule has 0 heterocycles. The van der Waals surface area contributed by atoms with E-state index in [1.54, 1.807) is 0 Å². The third-order valence-electron chi connectivity index (χ3n) is 5.46. The Kier molecular flexibility index (Phi) is 21.4. The van der Waals surface area contributed by atoms with E-state index in [1.165, 1.54) is 44.9 Å². The van der Waals surface area contributed by atoms with Crippen LogP contribution in [-0.2, 0) is 32.7 Å². The Balaban J connectivity index is 3.74. The molecular weight excluding hydrogens is 505 g/mol. The number of ether oxygens (including phenoxy) is 1. The fourth-order valence-electron chi connectivity index (χ4n) is 3.22.